The fourth-order valence-corrected chi connectivity index (χ4v) is 2.78. The highest BCUT2D eigenvalue weighted by Gasteiger charge is 2.26. The minimum Gasteiger partial charge on any atom is -0.449 e. The molecule has 0 aliphatic carbocycles. The van der Waals surface area contributed by atoms with Crippen molar-refractivity contribution in [1.29, 1.82) is 0 Å². The molecule has 0 unspecified atom stereocenters. The van der Waals surface area contributed by atoms with Gasteiger partial charge in [0, 0.05) is 19.6 Å². The number of benzene rings is 2. The summed E-state index contributed by atoms with van der Waals surface area (Å²) in [6.07, 6.45) is 2.46. The van der Waals surface area contributed by atoms with Gasteiger partial charge in [-0.15, -0.1) is 12.4 Å². The van der Waals surface area contributed by atoms with Crippen LogP contribution in [0.1, 0.15) is 5.56 Å². The smallest absolute Gasteiger partial charge is 0.205 e. The molecule has 9 heteroatoms. The molecule has 0 aromatic heterocycles. The van der Waals surface area contributed by atoms with Crippen LogP contribution in [0.2, 0.25) is 5.02 Å². The van der Waals surface area contributed by atoms with Crippen molar-refractivity contribution in [2.75, 3.05) is 32.8 Å². The summed E-state index contributed by atoms with van der Waals surface area (Å²) in [6.45, 7) is 2.84. The van der Waals surface area contributed by atoms with Gasteiger partial charge in [0.05, 0.1) is 23.8 Å². The fraction of sp³-hybridized carbons (Fsp3) is 0.263. The summed E-state index contributed by atoms with van der Waals surface area (Å²) in [4.78, 5) is 1.98. The van der Waals surface area contributed by atoms with Crippen molar-refractivity contribution in [3.63, 3.8) is 0 Å². The molecule has 2 aromatic carbocycles. The Morgan fingerprint density at radius 3 is 2.21 bits per heavy atom. The van der Waals surface area contributed by atoms with Crippen molar-refractivity contribution in [2.24, 2.45) is 0 Å². The number of morpholine rings is 1. The van der Waals surface area contributed by atoms with E-state index < -0.39 is 34.6 Å². The fourth-order valence-electron chi connectivity index (χ4n) is 2.61. The normalized spacial score (nSPS) is 14.9. The first-order chi connectivity index (χ1) is 13.0. The number of halogens is 6. The van der Waals surface area contributed by atoms with Gasteiger partial charge < -0.3 is 9.47 Å². The minimum atomic E-state index is -1.63. The van der Waals surface area contributed by atoms with Crippen molar-refractivity contribution in [3.8, 4) is 11.5 Å². The maximum atomic E-state index is 14.3. The van der Waals surface area contributed by atoms with E-state index in [0.717, 1.165) is 6.08 Å². The first kappa shape index (κ1) is 22.5. The van der Waals surface area contributed by atoms with Crippen LogP contribution in [0.15, 0.2) is 30.3 Å². The van der Waals surface area contributed by atoms with Crippen LogP contribution in [-0.2, 0) is 4.74 Å². The molecule has 0 amide bonds. The Morgan fingerprint density at radius 2 is 1.61 bits per heavy atom. The van der Waals surface area contributed by atoms with E-state index >= 15 is 0 Å². The quantitative estimate of drug-likeness (QED) is 0.458. The van der Waals surface area contributed by atoms with Crippen molar-refractivity contribution in [2.45, 2.75) is 0 Å². The highest BCUT2D eigenvalue weighted by Crippen LogP contribution is 2.36. The number of ether oxygens (including phenoxy) is 2. The SMILES string of the molecule is Cl.Fc1c(F)c(Oc2ccccc2Cl)c(F)c(F)c1/C=C/CN1CCOCC1. The van der Waals surface area contributed by atoms with Crippen LogP contribution < -0.4 is 4.74 Å². The molecule has 1 aliphatic heterocycles. The van der Waals surface area contributed by atoms with E-state index in [1.165, 1.54) is 24.3 Å². The van der Waals surface area contributed by atoms with E-state index in [4.69, 9.17) is 21.1 Å². The van der Waals surface area contributed by atoms with E-state index in [-0.39, 0.29) is 23.2 Å². The Labute approximate surface area is 170 Å². The van der Waals surface area contributed by atoms with E-state index in [0.29, 0.717) is 32.8 Å². The molecule has 3 rings (SSSR count). The van der Waals surface area contributed by atoms with Gasteiger partial charge in [-0.05, 0) is 12.1 Å². The number of nitrogens with zero attached hydrogens (tertiary/aromatic N) is 1. The molecular formula is C19H17Cl2F4NO2. The Kier molecular flexibility index (Phi) is 8.12. The zero-order valence-electron chi connectivity index (χ0n) is 14.6. The third-order valence-corrected chi connectivity index (χ3v) is 4.37. The molecule has 0 radical (unpaired) electrons. The summed E-state index contributed by atoms with van der Waals surface area (Å²) in [5.41, 5.74) is -0.801. The molecule has 0 bridgehead atoms. The van der Waals surface area contributed by atoms with Crippen molar-refractivity contribution in [1.82, 2.24) is 4.90 Å². The zero-order chi connectivity index (χ0) is 19.4. The van der Waals surface area contributed by atoms with Gasteiger partial charge in [-0.3, -0.25) is 4.90 Å². The molecule has 1 aliphatic rings. The average Bonchev–Trinajstić information content (AvgIpc) is 2.68. The zero-order valence-corrected chi connectivity index (χ0v) is 16.1. The summed E-state index contributed by atoms with van der Waals surface area (Å²) in [6, 6.07) is 5.83. The summed E-state index contributed by atoms with van der Waals surface area (Å²) >= 11 is 5.85. The third kappa shape index (κ3) is 4.97. The molecule has 0 saturated carbocycles. The van der Waals surface area contributed by atoms with Crippen LogP contribution in [-0.4, -0.2) is 37.7 Å². The van der Waals surface area contributed by atoms with E-state index in [9.17, 15) is 17.6 Å². The number of hydrogen-bond acceptors (Lipinski definition) is 3. The second-order valence-electron chi connectivity index (χ2n) is 5.85. The predicted molar refractivity (Wildman–Crippen MR) is 101 cm³/mol. The molecule has 1 heterocycles. The maximum Gasteiger partial charge on any atom is 0.205 e. The highest BCUT2D eigenvalue weighted by molar-refractivity contribution is 6.32. The van der Waals surface area contributed by atoms with Gasteiger partial charge in [0.25, 0.3) is 0 Å². The lowest BCUT2D eigenvalue weighted by molar-refractivity contribution is 0.0435. The van der Waals surface area contributed by atoms with Crippen LogP contribution in [0.4, 0.5) is 17.6 Å². The molecule has 1 fully saturated rings. The Morgan fingerprint density at radius 1 is 1.00 bits per heavy atom. The second kappa shape index (κ2) is 10.1. The average molecular weight is 438 g/mol. The highest BCUT2D eigenvalue weighted by atomic mass is 35.5. The first-order valence-corrected chi connectivity index (χ1v) is 8.61. The predicted octanol–water partition coefficient (Wildman–Crippen LogP) is 5.46. The van der Waals surface area contributed by atoms with Gasteiger partial charge in [0.2, 0.25) is 17.4 Å². The lowest BCUT2D eigenvalue weighted by Gasteiger charge is -2.25. The van der Waals surface area contributed by atoms with Crippen LogP contribution in [0.3, 0.4) is 0 Å². The van der Waals surface area contributed by atoms with Gasteiger partial charge in [0.1, 0.15) is 5.75 Å². The Bertz CT molecular complexity index is 829. The van der Waals surface area contributed by atoms with E-state index in [1.807, 2.05) is 4.90 Å². The van der Waals surface area contributed by atoms with Crippen LogP contribution in [0, 0.1) is 23.3 Å². The Balaban J connectivity index is 0.00000280. The minimum absolute atomic E-state index is 0. The molecule has 0 atom stereocenters. The molecule has 3 nitrogen and oxygen atoms in total. The molecule has 0 N–H and O–H groups in total. The number of hydrogen-bond donors (Lipinski definition) is 0. The topological polar surface area (TPSA) is 21.7 Å². The first-order valence-electron chi connectivity index (χ1n) is 8.24. The monoisotopic (exact) mass is 437 g/mol. The third-order valence-electron chi connectivity index (χ3n) is 4.06. The molecular weight excluding hydrogens is 421 g/mol. The van der Waals surface area contributed by atoms with Gasteiger partial charge in [-0.25, -0.2) is 8.78 Å². The van der Waals surface area contributed by atoms with E-state index in [2.05, 4.69) is 0 Å². The summed E-state index contributed by atoms with van der Waals surface area (Å²) in [7, 11) is 0. The molecule has 28 heavy (non-hydrogen) atoms. The molecule has 152 valence electrons. The number of rotatable bonds is 5. The second-order valence-corrected chi connectivity index (χ2v) is 6.25. The van der Waals surface area contributed by atoms with Gasteiger partial charge in [-0.1, -0.05) is 35.9 Å². The summed E-state index contributed by atoms with van der Waals surface area (Å²) in [5.74, 6) is -7.61. The largest absolute Gasteiger partial charge is 0.449 e. The van der Waals surface area contributed by atoms with Crippen LogP contribution in [0.25, 0.3) is 6.08 Å². The molecule has 0 spiro atoms. The van der Waals surface area contributed by atoms with Crippen LogP contribution in [0.5, 0.6) is 11.5 Å². The van der Waals surface area contributed by atoms with E-state index in [1.54, 1.807) is 6.07 Å². The Hall–Kier alpha value is -1.80. The summed E-state index contributed by atoms with van der Waals surface area (Å²) < 4.78 is 67.3. The molecule has 1 saturated heterocycles. The van der Waals surface area contributed by atoms with Crippen molar-refractivity contribution < 1.29 is 27.0 Å². The van der Waals surface area contributed by atoms with Gasteiger partial charge >= 0.3 is 0 Å². The lowest BCUT2D eigenvalue weighted by Crippen LogP contribution is -2.36. The van der Waals surface area contributed by atoms with Crippen molar-refractivity contribution in [3.05, 3.63) is 64.2 Å². The standard InChI is InChI=1S/C19H16ClF4NO2.ClH/c20-13-5-1-2-6-14(13)27-19-17(23)15(21)12(16(22)18(19)24)4-3-7-25-8-10-26-11-9-25;/h1-6H,7-11H2;1H/b4-3+;. The molecule has 2 aromatic rings. The number of para-hydroxylation sites is 1. The van der Waals surface area contributed by atoms with Gasteiger partial charge in [0.15, 0.2) is 11.6 Å². The van der Waals surface area contributed by atoms with Crippen molar-refractivity contribution >= 4 is 30.1 Å². The summed E-state index contributed by atoms with van der Waals surface area (Å²) in [5, 5.41) is 0.0478. The van der Waals surface area contributed by atoms with Crippen LogP contribution >= 0.6 is 24.0 Å². The lowest BCUT2D eigenvalue weighted by atomic mass is 10.1. The maximum absolute atomic E-state index is 14.3. The van der Waals surface area contributed by atoms with Gasteiger partial charge in [-0.2, -0.15) is 8.78 Å².